The number of hydrogen-bond acceptors (Lipinski definition) is 4. The van der Waals surface area contributed by atoms with E-state index in [0.29, 0.717) is 19.8 Å². The minimum atomic E-state index is -0.135. The van der Waals surface area contributed by atoms with Crippen LogP contribution in [0, 0.1) is 20.8 Å². The standard InChI is InChI=1S/C19H27N5O2/c1-12-10-15(6-7-16(12)23(4)5)20-19(25)24-8-9-26-11-17(24)18-13(2)21-22-14(18)3/h6-7,10,17H,8-9,11H2,1-5H3,(H,20,25)(H,21,22). The first-order chi connectivity index (χ1) is 12.4. The lowest BCUT2D eigenvalue weighted by atomic mass is 10.0. The Kier molecular flexibility index (Phi) is 5.18. The van der Waals surface area contributed by atoms with Gasteiger partial charge in [0, 0.05) is 43.3 Å². The third-order valence-electron chi connectivity index (χ3n) is 4.84. The zero-order chi connectivity index (χ0) is 18.8. The van der Waals surface area contributed by atoms with Gasteiger partial charge in [0.1, 0.15) is 0 Å². The van der Waals surface area contributed by atoms with Gasteiger partial charge in [-0.25, -0.2) is 4.79 Å². The van der Waals surface area contributed by atoms with Gasteiger partial charge >= 0.3 is 6.03 Å². The van der Waals surface area contributed by atoms with Gasteiger partial charge in [-0.1, -0.05) is 0 Å². The Morgan fingerprint density at radius 2 is 2.12 bits per heavy atom. The molecule has 3 rings (SSSR count). The number of nitrogens with one attached hydrogen (secondary N) is 2. The number of anilines is 2. The molecular formula is C19H27N5O2. The van der Waals surface area contributed by atoms with Crippen LogP contribution in [0.15, 0.2) is 18.2 Å². The summed E-state index contributed by atoms with van der Waals surface area (Å²) in [5.74, 6) is 0. The van der Waals surface area contributed by atoms with E-state index >= 15 is 0 Å². The Morgan fingerprint density at radius 1 is 1.35 bits per heavy atom. The van der Waals surface area contributed by atoms with Gasteiger partial charge in [0.05, 0.1) is 24.9 Å². The van der Waals surface area contributed by atoms with Crippen LogP contribution in [0.4, 0.5) is 16.2 Å². The molecule has 0 spiro atoms. The Labute approximate surface area is 154 Å². The van der Waals surface area contributed by atoms with Crippen molar-refractivity contribution in [1.29, 1.82) is 0 Å². The van der Waals surface area contributed by atoms with E-state index in [4.69, 9.17) is 4.74 Å². The summed E-state index contributed by atoms with van der Waals surface area (Å²) in [6.45, 7) is 7.54. The number of ether oxygens (including phenoxy) is 1. The van der Waals surface area contributed by atoms with E-state index in [1.807, 2.05) is 58.0 Å². The van der Waals surface area contributed by atoms with E-state index in [2.05, 4.69) is 20.4 Å². The Hall–Kier alpha value is -2.54. The highest BCUT2D eigenvalue weighted by atomic mass is 16.5. The molecule has 2 heterocycles. The van der Waals surface area contributed by atoms with Crippen LogP contribution in [-0.2, 0) is 4.74 Å². The topological polar surface area (TPSA) is 73.5 Å². The molecule has 2 aromatic rings. The fourth-order valence-electron chi connectivity index (χ4n) is 3.57. The molecule has 7 nitrogen and oxygen atoms in total. The van der Waals surface area contributed by atoms with Crippen molar-refractivity contribution in [2.75, 3.05) is 44.1 Å². The molecule has 0 radical (unpaired) electrons. The highest BCUT2D eigenvalue weighted by Crippen LogP contribution is 2.29. The van der Waals surface area contributed by atoms with E-state index in [0.717, 1.165) is 33.9 Å². The zero-order valence-corrected chi connectivity index (χ0v) is 16.1. The number of urea groups is 1. The van der Waals surface area contributed by atoms with Crippen molar-refractivity contribution in [3.05, 3.63) is 40.7 Å². The number of amides is 2. The fourth-order valence-corrected chi connectivity index (χ4v) is 3.57. The van der Waals surface area contributed by atoms with Crippen LogP contribution in [0.3, 0.4) is 0 Å². The number of benzene rings is 1. The minimum Gasteiger partial charge on any atom is -0.377 e. The monoisotopic (exact) mass is 357 g/mol. The molecule has 1 aromatic carbocycles. The lowest BCUT2D eigenvalue weighted by molar-refractivity contribution is 0.0143. The van der Waals surface area contributed by atoms with Crippen LogP contribution in [0.25, 0.3) is 0 Å². The smallest absolute Gasteiger partial charge is 0.322 e. The Morgan fingerprint density at radius 3 is 2.73 bits per heavy atom. The fraction of sp³-hybridized carbons (Fsp3) is 0.474. The molecular weight excluding hydrogens is 330 g/mol. The maximum absolute atomic E-state index is 12.9. The molecule has 2 amide bonds. The first-order valence-corrected chi connectivity index (χ1v) is 8.83. The summed E-state index contributed by atoms with van der Waals surface area (Å²) in [7, 11) is 4.02. The second-order valence-electron chi connectivity index (χ2n) is 6.96. The summed E-state index contributed by atoms with van der Waals surface area (Å²) < 4.78 is 5.64. The molecule has 1 aliphatic heterocycles. The summed E-state index contributed by atoms with van der Waals surface area (Å²) in [6.07, 6.45) is 0. The van der Waals surface area contributed by atoms with Crippen LogP contribution in [0.1, 0.15) is 28.6 Å². The first kappa shape index (κ1) is 18.3. The predicted octanol–water partition coefficient (Wildman–Crippen LogP) is 3.01. The van der Waals surface area contributed by atoms with E-state index < -0.39 is 0 Å². The van der Waals surface area contributed by atoms with Gasteiger partial charge in [-0.05, 0) is 44.5 Å². The van der Waals surface area contributed by atoms with Crippen LogP contribution in [-0.4, -0.2) is 55.0 Å². The van der Waals surface area contributed by atoms with Crippen molar-refractivity contribution >= 4 is 17.4 Å². The Bertz CT molecular complexity index is 780. The number of aromatic nitrogens is 2. The minimum absolute atomic E-state index is 0.115. The van der Waals surface area contributed by atoms with Crippen molar-refractivity contribution in [2.45, 2.75) is 26.8 Å². The number of rotatable bonds is 3. The third-order valence-corrected chi connectivity index (χ3v) is 4.84. The van der Waals surface area contributed by atoms with Gasteiger partial charge in [0.2, 0.25) is 0 Å². The number of nitrogens with zero attached hydrogens (tertiary/aromatic N) is 3. The van der Waals surface area contributed by atoms with Crippen molar-refractivity contribution in [2.24, 2.45) is 0 Å². The predicted molar refractivity (Wildman–Crippen MR) is 103 cm³/mol. The molecule has 1 aromatic heterocycles. The van der Waals surface area contributed by atoms with Gasteiger partial charge in [-0.2, -0.15) is 5.10 Å². The van der Waals surface area contributed by atoms with Crippen LogP contribution < -0.4 is 10.2 Å². The quantitative estimate of drug-likeness (QED) is 0.886. The van der Waals surface area contributed by atoms with Gasteiger partial charge in [-0.3, -0.25) is 5.10 Å². The maximum atomic E-state index is 12.9. The van der Waals surface area contributed by atoms with E-state index in [1.54, 1.807) is 0 Å². The summed E-state index contributed by atoms with van der Waals surface area (Å²) in [4.78, 5) is 16.8. The number of morpholine rings is 1. The maximum Gasteiger partial charge on any atom is 0.322 e. The summed E-state index contributed by atoms with van der Waals surface area (Å²) >= 11 is 0. The SMILES string of the molecule is Cc1cc(NC(=O)N2CCOCC2c2c(C)n[nH]c2C)ccc1N(C)C. The van der Waals surface area contributed by atoms with Crippen molar-refractivity contribution in [3.8, 4) is 0 Å². The average Bonchev–Trinajstić information content (AvgIpc) is 2.93. The van der Waals surface area contributed by atoms with E-state index in [1.165, 1.54) is 0 Å². The molecule has 0 saturated carbocycles. The van der Waals surface area contributed by atoms with Crippen molar-refractivity contribution < 1.29 is 9.53 Å². The summed E-state index contributed by atoms with van der Waals surface area (Å²) in [5, 5.41) is 10.3. The van der Waals surface area contributed by atoms with Crippen molar-refractivity contribution in [1.82, 2.24) is 15.1 Å². The number of hydrogen-bond donors (Lipinski definition) is 2. The lowest BCUT2D eigenvalue weighted by Gasteiger charge is -2.36. The number of H-pyrrole nitrogens is 1. The van der Waals surface area contributed by atoms with Crippen LogP contribution in [0.2, 0.25) is 0 Å². The molecule has 7 heteroatoms. The van der Waals surface area contributed by atoms with Crippen LogP contribution >= 0.6 is 0 Å². The molecule has 1 unspecified atom stereocenters. The molecule has 26 heavy (non-hydrogen) atoms. The van der Waals surface area contributed by atoms with Gasteiger partial charge in [0.15, 0.2) is 0 Å². The first-order valence-electron chi connectivity index (χ1n) is 8.83. The molecule has 0 bridgehead atoms. The molecule has 0 aliphatic carbocycles. The molecule has 1 saturated heterocycles. The van der Waals surface area contributed by atoms with E-state index in [-0.39, 0.29) is 12.1 Å². The molecule has 1 aliphatic rings. The molecule has 140 valence electrons. The Balaban J connectivity index is 1.80. The van der Waals surface area contributed by atoms with Gasteiger partial charge in [0.25, 0.3) is 0 Å². The molecule has 1 atom stereocenters. The second kappa shape index (κ2) is 7.37. The largest absolute Gasteiger partial charge is 0.377 e. The second-order valence-corrected chi connectivity index (χ2v) is 6.96. The van der Waals surface area contributed by atoms with Gasteiger partial charge in [-0.15, -0.1) is 0 Å². The van der Waals surface area contributed by atoms with Gasteiger partial charge < -0.3 is 19.9 Å². The number of aromatic amines is 1. The number of aryl methyl sites for hydroxylation is 3. The highest BCUT2D eigenvalue weighted by molar-refractivity contribution is 5.90. The highest BCUT2D eigenvalue weighted by Gasteiger charge is 2.32. The van der Waals surface area contributed by atoms with Crippen molar-refractivity contribution in [3.63, 3.8) is 0 Å². The average molecular weight is 357 g/mol. The zero-order valence-electron chi connectivity index (χ0n) is 16.1. The number of carbonyl (C=O) groups is 1. The van der Waals surface area contributed by atoms with E-state index in [9.17, 15) is 4.79 Å². The number of carbonyl (C=O) groups excluding carboxylic acids is 1. The summed E-state index contributed by atoms with van der Waals surface area (Å²) in [6, 6.07) is 5.70. The third kappa shape index (κ3) is 3.53. The normalized spacial score (nSPS) is 17.3. The van der Waals surface area contributed by atoms with Crippen LogP contribution in [0.5, 0.6) is 0 Å². The molecule has 2 N–H and O–H groups in total. The summed E-state index contributed by atoms with van der Waals surface area (Å²) in [5.41, 5.74) is 5.97. The lowest BCUT2D eigenvalue weighted by Crippen LogP contribution is -2.45. The molecule has 1 fully saturated rings.